The van der Waals surface area contributed by atoms with E-state index in [0.29, 0.717) is 11.4 Å². The Bertz CT molecular complexity index is 714. The van der Waals surface area contributed by atoms with Crippen molar-refractivity contribution in [3.8, 4) is 0 Å². The van der Waals surface area contributed by atoms with E-state index in [1.54, 1.807) is 30.5 Å². The zero-order valence-corrected chi connectivity index (χ0v) is 11.2. The summed E-state index contributed by atoms with van der Waals surface area (Å²) in [6.07, 6.45) is 1.83. The Morgan fingerprint density at radius 1 is 1.24 bits per heavy atom. The van der Waals surface area contributed by atoms with Crippen molar-refractivity contribution in [2.75, 3.05) is 5.43 Å². The number of nitrogens with two attached hydrogens (primary N) is 1. The minimum absolute atomic E-state index is 0.197. The first-order chi connectivity index (χ1) is 10.2. The molecule has 2 aromatic rings. The van der Waals surface area contributed by atoms with Gasteiger partial charge in [0.05, 0.1) is 13.0 Å². The lowest BCUT2D eigenvalue weighted by Gasteiger charge is -2.26. The van der Waals surface area contributed by atoms with E-state index in [4.69, 9.17) is 5.84 Å². The third-order valence-electron chi connectivity index (χ3n) is 3.45. The molecule has 0 atom stereocenters. The summed E-state index contributed by atoms with van der Waals surface area (Å²) in [7, 11) is 0. The molecule has 0 spiro atoms. The number of amides is 2. The van der Waals surface area contributed by atoms with Crippen LogP contribution in [-0.2, 0) is 17.8 Å². The van der Waals surface area contributed by atoms with Gasteiger partial charge in [0.2, 0.25) is 5.91 Å². The largest absolute Gasteiger partial charge is 0.308 e. The second-order valence-electron chi connectivity index (χ2n) is 4.81. The van der Waals surface area contributed by atoms with Gasteiger partial charge in [0, 0.05) is 11.8 Å². The highest BCUT2D eigenvalue weighted by atomic mass is 16.2. The van der Waals surface area contributed by atoms with Crippen LogP contribution in [0.2, 0.25) is 0 Å². The minimum atomic E-state index is -0.263. The fraction of sp³-hybridized carbons (Fsp3) is 0.133. The average molecular weight is 282 g/mol. The molecule has 0 aliphatic carbocycles. The van der Waals surface area contributed by atoms with Crippen LogP contribution in [0.3, 0.4) is 0 Å². The molecule has 3 rings (SSSR count). The number of nitrogen functional groups attached to an aromatic ring is 1. The lowest BCUT2D eigenvalue weighted by Crippen LogP contribution is -2.41. The van der Waals surface area contributed by atoms with Crippen LogP contribution >= 0.6 is 0 Å². The summed E-state index contributed by atoms with van der Waals surface area (Å²) in [4.78, 5) is 29.9. The number of hydrazine groups is 1. The number of rotatable bonds is 3. The van der Waals surface area contributed by atoms with E-state index in [1.165, 1.54) is 4.90 Å². The van der Waals surface area contributed by atoms with Gasteiger partial charge in [0.15, 0.2) is 0 Å². The number of fused-ring (bicyclic) bond motifs is 1. The lowest BCUT2D eigenvalue weighted by atomic mass is 9.98. The SMILES string of the molecule is NNc1cc(CN2C(=O)Cc3ccccc3C2=O)ccn1. The molecule has 6 nitrogen and oxygen atoms in total. The molecule has 0 bridgehead atoms. The zero-order valence-electron chi connectivity index (χ0n) is 11.2. The van der Waals surface area contributed by atoms with Crippen molar-refractivity contribution in [2.24, 2.45) is 5.84 Å². The number of nitrogens with zero attached hydrogens (tertiary/aromatic N) is 2. The molecule has 106 valence electrons. The monoisotopic (exact) mass is 282 g/mol. The van der Waals surface area contributed by atoms with Crippen molar-refractivity contribution in [3.05, 3.63) is 59.3 Å². The maximum Gasteiger partial charge on any atom is 0.261 e. The van der Waals surface area contributed by atoms with E-state index in [0.717, 1.165) is 11.1 Å². The highest BCUT2D eigenvalue weighted by molar-refractivity contribution is 6.09. The second kappa shape index (κ2) is 5.34. The second-order valence-corrected chi connectivity index (χ2v) is 4.81. The van der Waals surface area contributed by atoms with Gasteiger partial charge in [-0.05, 0) is 29.3 Å². The molecule has 6 heteroatoms. The third kappa shape index (κ3) is 2.48. The van der Waals surface area contributed by atoms with Gasteiger partial charge < -0.3 is 5.43 Å². The lowest BCUT2D eigenvalue weighted by molar-refractivity contribution is -0.128. The summed E-state index contributed by atoms with van der Waals surface area (Å²) < 4.78 is 0. The number of aromatic nitrogens is 1. The fourth-order valence-electron chi connectivity index (χ4n) is 2.39. The molecule has 21 heavy (non-hydrogen) atoms. The first-order valence-electron chi connectivity index (χ1n) is 6.53. The van der Waals surface area contributed by atoms with Crippen molar-refractivity contribution in [3.63, 3.8) is 0 Å². The van der Waals surface area contributed by atoms with E-state index in [1.807, 2.05) is 12.1 Å². The maximum atomic E-state index is 12.4. The van der Waals surface area contributed by atoms with E-state index < -0.39 is 0 Å². The Morgan fingerprint density at radius 2 is 2.05 bits per heavy atom. The van der Waals surface area contributed by atoms with Crippen molar-refractivity contribution < 1.29 is 9.59 Å². The molecular weight excluding hydrogens is 268 g/mol. The molecular formula is C15H14N4O2. The summed E-state index contributed by atoms with van der Waals surface area (Å²) in [5.41, 5.74) is 4.60. The van der Waals surface area contributed by atoms with Crippen LogP contribution in [0.5, 0.6) is 0 Å². The summed E-state index contributed by atoms with van der Waals surface area (Å²) in [5.74, 6) is 5.34. The van der Waals surface area contributed by atoms with Crippen LogP contribution in [0.4, 0.5) is 5.82 Å². The predicted octanol–water partition coefficient (Wildman–Crippen LogP) is 1.09. The van der Waals surface area contributed by atoms with Crippen molar-refractivity contribution in [1.29, 1.82) is 0 Å². The number of imide groups is 1. The van der Waals surface area contributed by atoms with Gasteiger partial charge in [-0.15, -0.1) is 0 Å². The van der Waals surface area contributed by atoms with Crippen LogP contribution in [-0.4, -0.2) is 21.7 Å². The highest BCUT2D eigenvalue weighted by Gasteiger charge is 2.30. The van der Waals surface area contributed by atoms with Gasteiger partial charge in [0.1, 0.15) is 5.82 Å². The van der Waals surface area contributed by atoms with E-state index in [9.17, 15) is 9.59 Å². The summed E-state index contributed by atoms with van der Waals surface area (Å²) in [6.45, 7) is 0.212. The van der Waals surface area contributed by atoms with E-state index >= 15 is 0 Å². The molecule has 0 saturated heterocycles. The molecule has 2 heterocycles. The van der Waals surface area contributed by atoms with Crippen LogP contribution < -0.4 is 11.3 Å². The number of pyridine rings is 1. The maximum absolute atomic E-state index is 12.4. The molecule has 0 unspecified atom stereocenters. The quantitative estimate of drug-likeness (QED) is 0.500. The first kappa shape index (κ1) is 13.3. The number of hydrogen-bond acceptors (Lipinski definition) is 5. The Balaban J connectivity index is 1.89. The normalized spacial score (nSPS) is 14.0. The Morgan fingerprint density at radius 3 is 2.86 bits per heavy atom. The molecule has 1 aliphatic rings. The Kier molecular flexibility index (Phi) is 3.37. The highest BCUT2D eigenvalue weighted by Crippen LogP contribution is 2.21. The van der Waals surface area contributed by atoms with Crippen LogP contribution in [0, 0.1) is 0 Å². The first-order valence-corrected chi connectivity index (χ1v) is 6.53. The Hall–Kier alpha value is -2.73. The molecule has 3 N–H and O–H groups in total. The van der Waals surface area contributed by atoms with E-state index in [2.05, 4.69) is 10.4 Å². The van der Waals surface area contributed by atoms with E-state index in [-0.39, 0.29) is 24.8 Å². The molecule has 1 aromatic carbocycles. The van der Waals surface area contributed by atoms with Crippen LogP contribution in [0.15, 0.2) is 42.6 Å². The molecule has 0 saturated carbocycles. The average Bonchev–Trinajstić information content (AvgIpc) is 2.51. The van der Waals surface area contributed by atoms with Gasteiger partial charge in [-0.2, -0.15) is 0 Å². The smallest absolute Gasteiger partial charge is 0.261 e. The van der Waals surface area contributed by atoms with Crippen molar-refractivity contribution >= 4 is 17.6 Å². The zero-order chi connectivity index (χ0) is 14.8. The summed E-state index contributed by atoms with van der Waals surface area (Å²) >= 11 is 0. The van der Waals surface area contributed by atoms with Crippen molar-refractivity contribution in [2.45, 2.75) is 13.0 Å². The number of carbonyl (C=O) groups excluding carboxylic acids is 2. The van der Waals surface area contributed by atoms with Gasteiger partial charge in [-0.25, -0.2) is 10.8 Å². The van der Waals surface area contributed by atoms with Crippen molar-refractivity contribution in [1.82, 2.24) is 9.88 Å². The number of benzene rings is 1. The number of anilines is 1. The molecule has 2 amide bonds. The number of carbonyl (C=O) groups is 2. The topological polar surface area (TPSA) is 88.3 Å². The van der Waals surface area contributed by atoms with Gasteiger partial charge in [0.25, 0.3) is 5.91 Å². The van der Waals surface area contributed by atoms with Crippen LogP contribution in [0.1, 0.15) is 21.5 Å². The summed E-state index contributed by atoms with van der Waals surface area (Å²) in [6, 6.07) is 10.6. The minimum Gasteiger partial charge on any atom is -0.308 e. The molecule has 0 radical (unpaired) electrons. The third-order valence-corrected chi connectivity index (χ3v) is 3.45. The predicted molar refractivity (Wildman–Crippen MR) is 77.1 cm³/mol. The number of hydrogen-bond donors (Lipinski definition) is 2. The fourth-order valence-corrected chi connectivity index (χ4v) is 2.39. The summed E-state index contributed by atoms with van der Waals surface area (Å²) in [5, 5.41) is 0. The molecule has 1 aromatic heterocycles. The molecule has 1 aliphatic heterocycles. The van der Waals surface area contributed by atoms with Gasteiger partial charge in [-0.1, -0.05) is 18.2 Å². The Labute approximate surface area is 121 Å². The van der Waals surface area contributed by atoms with Gasteiger partial charge in [-0.3, -0.25) is 14.5 Å². The molecule has 0 fully saturated rings. The number of nitrogens with one attached hydrogen (secondary N) is 1. The van der Waals surface area contributed by atoms with Crippen LogP contribution in [0.25, 0.3) is 0 Å². The standard InChI is InChI=1S/C15H14N4O2/c16-18-13-7-10(5-6-17-13)9-19-14(20)8-11-3-1-2-4-12(11)15(19)21/h1-7H,8-9,16H2,(H,17,18). The van der Waals surface area contributed by atoms with Gasteiger partial charge >= 0.3 is 0 Å².